The van der Waals surface area contributed by atoms with Gasteiger partial charge in [0.1, 0.15) is 0 Å². The van der Waals surface area contributed by atoms with E-state index in [0.717, 1.165) is 0 Å². The average molecular weight is 170 g/mol. The van der Waals surface area contributed by atoms with Gasteiger partial charge in [-0.3, -0.25) is 9.59 Å². The Morgan fingerprint density at radius 1 is 1.00 bits per heavy atom. The quantitative estimate of drug-likeness (QED) is 0.599. The maximum Gasteiger partial charge on any atom is 0.310 e. The van der Waals surface area contributed by atoms with Gasteiger partial charge in [0, 0.05) is 0 Å². The molecule has 0 saturated heterocycles. The molecule has 0 aromatic carbocycles. The minimum Gasteiger partial charge on any atom is -0.481 e. The summed E-state index contributed by atoms with van der Waals surface area (Å²) in [5.74, 6) is -2.76. The Morgan fingerprint density at radius 2 is 1.33 bits per heavy atom. The molecule has 0 bridgehead atoms. The molecule has 0 aromatic heterocycles. The first kappa shape index (κ1) is 8.77. The van der Waals surface area contributed by atoms with E-state index in [0.29, 0.717) is 12.8 Å². The molecule has 0 aromatic rings. The van der Waals surface area contributed by atoms with Gasteiger partial charge in [0.2, 0.25) is 0 Å². The molecule has 2 N–H and O–H groups in total. The molecule has 1 aliphatic carbocycles. The van der Waals surface area contributed by atoms with Crippen LogP contribution in [0.25, 0.3) is 0 Å². The molecule has 66 valence electrons. The minimum atomic E-state index is -0.880. The van der Waals surface area contributed by atoms with Crippen molar-refractivity contribution in [3.8, 4) is 0 Å². The monoisotopic (exact) mass is 170 g/mol. The first-order valence-electron chi connectivity index (χ1n) is 3.75. The van der Waals surface area contributed by atoms with Crippen LogP contribution in [0.1, 0.15) is 12.8 Å². The second-order valence-electron chi connectivity index (χ2n) is 2.85. The zero-order valence-corrected chi connectivity index (χ0v) is 6.43. The summed E-state index contributed by atoms with van der Waals surface area (Å²) in [5, 5.41) is 17.1. The summed E-state index contributed by atoms with van der Waals surface area (Å²) in [6.07, 6.45) is 3.76. The summed E-state index contributed by atoms with van der Waals surface area (Å²) >= 11 is 0. The fourth-order valence-corrected chi connectivity index (χ4v) is 1.23. The van der Waals surface area contributed by atoms with E-state index in [1.165, 1.54) is 12.2 Å². The van der Waals surface area contributed by atoms with Crippen LogP contribution < -0.4 is 0 Å². The summed E-state index contributed by atoms with van der Waals surface area (Å²) < 4.78 is 0. The lowest BCUT2D eigenvalue weighted by atomic mass is 9.89. The van der Waals surface area contributed by atoms with E-state index < -0.39 is 23.8 Å². The van der Waals surface area contributed by atoms with Gasteiger partial charge in [0.05, 0.1) is 11.8 Å². The highest BCUT2D eigenvalue weighted by atomic mass is 16.4. The molecule has 0 aliphatic heterocycles. The van der Waals surface area contributed by atoms with Crippen LogP contribution >= 0.6 is 0 Å². The average Bonchev–Trinajstić information content (AvgIpc) is 2.04. The number of hydrogen-bond acceptors (Lipinski definition) is 2. The minimum absolute atomic E-state index is 0.419. The predicted molar refractivity (Wildman–Crippen MR) is 40.6 cm³/mol. The molecule has 4 nitrogen and oxygen atoms in total. The standard InChI is InChI=1S/C8H10O4/c9-7(10)5-1-2-6(4-3-5)8(11)12/h1-2,5-6H,3-4H2,(H,9,10)(H,11,12). The Morgan fingerprint density at radius 3 is 1.50 bits per heavy atom. The van der Waals surface area contributed by atoms with Gasteiger partial charge in [-0.25, -0.2) is 0 Å². The molecule has 0 spiro atoms. The lowest BCUT2D eigenvalue weighted by Crippen LogP contribution is -2.20. The summed E-state index contributed by atoms with van der Waals surface area (Å²) in [7, 11) is 0. The summed E-state index contributed by atoms with van der Waals surface area (Å²) in [5.41, 5.74) is 0. The third-order valence-electron chi connectivity index (χ3n) is 2.00. The van der Waals surface area contributed by atoms with Gasteiger partial charge in [-0.15, -0.1) is 0 Å². The molecule has 2 unspecified atom stereocenters. The van der Waals surface area contributed by atoms with Crippen LogP contribution in [0.3, 0.4) is 0 Å². The maximum absolute atomic E-state index is 10.4. The molecule has 0 radical (unpaired) electrons. The molecule has 0 saturated carbocycles. The summed E-state index contributed by atoms with van der Waals surface area (Å²) in [6.45, 7) is 0. The van der Waals surface area contributed by atoms with E-state index in [-0.39, 0.29) is 0 Å². The largest absolute Gasteiger partial charge is 0.481 e. The molecule has 2 atom stereocenters. The second-order valence-corrected chi connectivity index (χ2v) is 2.85. The Hall–Kier alpha value is -1.32. The molecule has 0 heterocycles. The lowest BCUT2D eigenvalue weighted by Gasteiger charge is -2.16. The molecule has 1 rings (SSSR count). The van der Waals surface area contributed by atoms with Gasteiger partial charge in [0.15, 0.2) is 0 Å². The van der Waals surface area contributed by atoms with Crippen molar-refractivity contribution in [2.45, 2.75) is 12.8 Å². The third kappa shape index (κ3) is 1.84. The number of aliphatic carboxylic acids is 2. The van der Waals surface area contributed by atoms with Crippen molar-refractivity contribution < 1.29 is 19.8 Å². The smallest absolute Gasteiger partial charge is 0.310 e. The fraction of sp³-hybridized carbons (Fsp3) is 0.500. The van der Waals surface area contributed by atoms with Crippen molar-refractivity contribution in [2.75, 3.05) is 0 Å². The van der Waals surface area contributed by atoms with E-state index in [1.54, 1.807) is 0 Å². The molecule has 0 fully saturated rings. The van der Waals surface area contributed by atoms with Gasteiger partial charge in [-0.1, -0.05) is 12.2 Å². The van der Waals surface area contributed by atoms with Gasteiger partial charge in [-0.2, -0.15) is 0 Å². The van der Waals surface area contributed by atoms with Crippen LogP contribution in [0.2, 0.25) is 0 Å². The van der Waals surface area contributed by atoms with E-state index in [4.69, 9.17) is 10.2 Å². The fourth-order valence-electron chi connectivity index (χ4n) is 1.23. The van der Waals surface area contributed by atoms with Crippen molar-refractivity contribution in [3.05, 3.63) is 12.2 Å². The maximum atomic E-state index is 10.4. The van der Waals surface area contributed by atoms with Crippen LogP contribution in [0, 0.1) is 11.8 Å². The first-order chi connectivity index (χ1) is 5.61. The number of rotatable bonds is 2. The van der Waals surface area contributed by atoms with Crippen LogP contribution in [0.4, 0.5) is 0 Å². The molecule has 12 heavy (non-hydrogen) atoms. The third-order valence-corrected chi connectivity index (χ3v) is 2.00. The van der Waals surface area contributed by atoms with Gasteiger partial charge < -0.3 is 10.2 Å². The lowest BCUT2D eigenvalue weighted by molar-refractivity contribution is -0.143. The topological polar surface area (TPSA) is 74.6 Å². The van der Waals surface area contributed by atoms with E-state index in [1.807, 2.05) is 0 Å². The van der Waals surface area contributed by atoms with Crippen LogP contribution in [0.15, 0.2) is 12.2 Å². The first-order valence-corrected chi connectivity index (χ1v) is 3.75. The van der Waals surface area contributed by atoms with Gasteiger partial charge in [0.25, 0.3) is 0 Å². The highest BCUT2D eigenvalue weighted by Crippen LogP contribution is 2.22. The van der Waals surface area contributed by atoms with E-state index in [9.17, 15) is 9.59 Å². The molecular weight excluding hydrogens is 160 g/mol. The van der Waals surface area contributed by atoms with Crippen molar-refractivity contribution in [1.29, 1.82) is 0 Å². The molecule has 1 aliphatic rings. The van der Waals surface area contributed by atoms with E-state index in [2.05, 4.69) is 0 Å². The number of carboxylic acids is 2. The van der Waals surface area contributed by atoms with Gasteiger partial charge >= 0.3 is 11.9 Å². The van der Waals surface area contributed by atoms with Crippen molar-refractivity contribution in [1.82, 2.24) is 0 Å². The zero-order valence-electron chi connectivity index (χ0n) is 6.43. The Labute approximate surface area is 69.5 Å². The SMILES string of the molecule is O=C(O)C1C=CC(C(=O)O)CC1. The van der Waals surface area contributed by atoms with E-state index >= 15 is 0 Å². The van der Waals surface area contributed by atoms with Crippen molar-refractivity contribution >= 4 is 11.9 Å². The predicted octanol–water partition coefficient (Wildman–Crippen LogP) is 0.738. The molecule has 0 amide bonds. The Kier molecular flexibility index (Phi) is 2.47. The molecule has 4 heteroatoms. The van der Waals surface area contributed by atoms with Crippen molar-refractivity contribution in [3.63, 3.8) is 0 Å². The highest BCUT2D eigenvalue weighted by Gasteiger charge is 2.24. The highest BCUT2D eigenvalue weighted by molar-refractivity contribution is 5.75. The number of carbonyl (C=O) groups is 2. The van der Waals surface area contributed by atoms with Crippen molar-refractivity contribution in [2.24, 2.45) is 11.8 Å². The summed E-state index contributed by atoms with van der Waals surface area (Å²) in [4.78, 5) is 20.9. The Balaban J connectivity index is 2.59. The second kappa shape index (κ2) is 3.38. The summed E-state index contributed by atoms with van der Waals surface area (Å²) in [6, 6.07) is 0. The van der Waals surface area contributed by atoms with Crippen LogP contribution in [0.5, 0.6) is 0 Å². The zero-order chi connectivity index (χ0) is 9.14. The van der Waals surface area contributed by atoms with Crippen LogP contribution in [-0.4, -0.2) is 22.2 Å². The normalized spacial score (nSPS) is 28.3. The van der Waals surface area contributed by atoms with Gasteiger partial charge in [-0.05, 0) is 12.8 Å². The molecular formula is C8H10O4. The number of carboxylic acid groups (broad SMARTS) is 2. The van der Waals surface area contributed by atoms with Crippen LogP contribution in [-0.2, 0) is 9.59 Å². The number of hydrogen-bond donors (Lipinski definition) is 2. The Bertz CT molecular complexity index is 207.